The molecule has 0 aliphatic heterocycles. The Morgan fingerprint density at radius 2 is 2.07 bits per heavy atom. The lowest BCUT2D eigenvalue weighted by atomic mass is 10.2. The Morgan fingerprint density at radius 3 is 2.81 bits per heavy atom. The van der Waals surface area contributed by atoms with Crippen molar-refractivity contribution < 1.29 is 14.3 Å². The number of nitrogens with one attached hydrogen (secondary N) is 2. The molecular weight excluding hydrogens is 366 g/mol. The summed E-state index contributed by atoms with van der Waals surface area (Å²) in [6.07, 6.45) is 5.19. The van der Waals surface area contributed by atoms with E-state index in [0.717, 1.165) is 43.0 Å². The lowest BCUT2D eigenvalue weighted by Crippen LogP contribution is -2.45. The van der Waals surface area contributed by atoms with Crippen molar-refractivity contribution in [2.45, 2.75) is 38.1 Å². The van der Waals surface area contributed by atoms with Crippen LogP contribution >= 0.6 is 11.6 Å². The Kier molecular flexibility index (Phi) is 6.74. The minimum Gasteiger partial charge on any atom is -0.385 e. The Morgan fingerprint density at radius 1 is 1.30 bits per heavy atom. The third kappa shape index (κ3) is 5.02. The molecule has 27 heavy (non-hydrogen) atoms. The lowest BCUT2D eigenvalue weighted by Gasteiger charge is -2.29. The van der Waals surface area contributed by atoms with Crippen LogP contribution in [0.4, 0.5) is 0 Å². The summed E-state index contributed by atoms with van der Waals surface area (Å²) in [5.74, 6) is -0.329. The standard InChI is InChI=1S/C20H26ClN3O3/c1-27-10-4-9-24(16-5-2-3-6-16)19(25)13-22-20(26)18-12-14-11-15(21)7-8-17(14)23-18/h7-8,11-12,16,23H,2-6,9-10,13H2,1H3,(H,22,26). The van der Waals surface area contributed by atoms with Crippen molar-refractivity contribution in [2.75, 3.05) is 26.8 Å². The molecule has 7 heteroatoms. The molecule has 1 aliphatic carbocycles. The van der Waals surface area contributed by atoms with Crippen LogP contribution in [0.3, 0.4) is 0 Å². The van der Waals surface area contributed by atoms with Gasteiger partial charge in [-0.25, -0.2) is 0 Å². The van der Waals surface area contributed by atoms with Gasteiger partial charge in [-0.3, -0.25) is 9.59 Å². The zero-order chi connectivity index (χ0) is 19.2. The highest BCUT2D eigenvalue weighted by Gasteiger charge is 2.26. The Bertz CT molecular complexity index is 799. The minimum atomic E-state index is -0.293. The zero-order valence-electron chi connectivity index (χ0n) is 15.6. The van der Waals surface area contributed by atoms with E-state index in [4.69, 9.17) is 16.3 Å². The predicted octanol–water partition coefficient (Wildman–Crippen LogP) is 3.36. The molecule has 2 amide bonds. The molecule has 0 atom stereocenters. The maximum absolute atomic E-state index is 12.7. The first-order chi connectivity index (χ1) is 13.1. The van der Waals surface area contributed by atoms with Gasteiger partial charge in [-0.1, -0.05) is 24.4 Å². The number of benzene rings is 1. The van der Waals surface area contributed by atoms with Crippen LogP contribution in [0, 0.1) is 0 Å². The number of aromatic amines is 1. The van der Waals surface area contributed by atoms with Crippen molar-refractivity contribution in [2.24, 2.45) is 0 Å². The van der Waals surface area contributed by atoms with Crippen molar-refractivity contribution in [3.05, 3.63) is 35.0 Å². The number of amides is 2. The number of hydrogen-bond acceptors (Lipinski definition) is 3. The molecular formula is C20H26ClN3O3. The SMILES string of the molecule is COCCCN(C(=O)CNC(=O)c1cc2cc(Cl)ccc2[nH]1)C1CCCC1. The second kappa shape index (κ2) is 9.24. The van der Waals surface area contributed by atoms with Gasteiger partial charge in [0.1, 0.15) is 5.69 Å². The third-order valence-electron chi connectivity index (χ3n) is 5.06. The van der Waals surface area contributed by atoms with Crippen molar-refractivity contribution in [3.8, 4) is 0 Å². The first-order valence-electron chi connectivity index (χ1n) is 9.43. The maximum atomic E-state index is 12.7. The van der Waals surface area contributed by atoms with E-state index in [0.29, 0.717) is 23.9 Å². The van der Waals surface area contributed by atoms with Crippen LogP contribution in [-0.2, 0) is 9.53 Å². The van der Waals surface area contributed by atoms with E-state index in [1.54, 1.807) is 25.3 Å². The summed E-state index contributed by atoms with van der Waals surface area (Å²) in [6, 6.07) is 7.42. The highest BCUT2D eigenvalue weighted by atomic mass is 35.5. The van der Waals surface area contributed by atoms with Gasteiger partial charge in [-0.05, 0) is 43.5 Å². The fraction of sp³-hybridized carbons (Fsp3) is 0.500. The number of rotatable bonds is 8. The van der Waals surface area contributed by atoms with Crippen LogP contribution in [0.25, 0.3) is 10.9 Å². The summed E-state index contributed by atoms with van der Waals surface area (Å²) in [5.41, 5.74) is 1.26. The van der Waals surface area contributed by atoms with Gasteiger partial charge in [0.2, 0.25) is 5.91 Å². The smallest absolute Gasteiger partial charge is 0.268 e. The zero-order valence-corrected chi connectivity index (χ0v) is 16.3. The van der Waals surface area contributed by atoms with Gasteiger partial charge in [-0.15, -0.1) is 0 Å². The second-order valence-electron chi connectivity index (χ2n) is 6.97. The van der Waals surface area contributed by atoms with Gasteiger partial charge in [0.05, 0.1) is 6.54 Å². The molecule has 0 unspecified atom stereocenters. The number of halogens is 1. The predicted molar refractivity (Wildman–Crippen MR) is 106 cm³/mol. The molecule has 1 aromatic carbocycles. The van der Waals surface area contributed by atoms with Crippen molar-refractivity contribution in [1.29, 1.82) is 0 Å². The van der Waals surface area contributed by atoms with E-state index in [-0.39, 0.29) is 24.4 Å². The average Bonchev–Trinajstić information content (AvgIpc) is 3.32. The number of aromatic nitrogens is 1. The number of H-pyrrole nitrogens is 1. The normalized spacial score (nSPS) is 14.6. The molecule has 3 rings (SSSR count). The summed E-state index contributed by atoms with van der Waals surface area (Å²) in [6.45, 7) is 1.29. The van der Waals surface area contributed by atoms with Gasteiger partial charge >= 0.3 is 0 Å². The molecule has 146 valence electrons. The van der Waals surface area contributed by atoms with Crippen LogP contribution in [-0.4, -0.2) is 54.5 Å². The molecule has 2 N–H and O–H groups in total. The minimum absolute atomic E-state index is 0.00155. The van der Waals surface area contributed by atoms with Crippen LogP contribution in [0.5, 0.6) is 0 Å². The Hall–Kier alpha value is -2.05. The fourth-order valence-corrected chi connectivity index (χ4v) is 3.87. The van der Waals surface area contributed by atoms with Crippen LogP contribution in [0.2, 0.25) is 5.02 Å². The first kappa shape index (κ1) is 19.7. The van der Waals surface area contributed by atoms with Gasteiger partial charge in [-0.2, -0.15) is 0 Å². The van der Waals surface area contributed by atoms with Crippen LogP contribution in [0.1, 0.15) is 42.6 Å². The average molecular weight is 392 g/mol. The molecule has 0 bridgehead atoms. The van der Waals surface area contributed by atoms with E-state index >= 15 is 0 Å². The van der Waals surface area contributed by atoms with Gasteiger partial charge in [0.25, 0.3) is 5.91 Å². The highest BCUT2D eigenvalue weighted by Crippen LogP contribution is 2.24. The molecule has 0 radical (unpaired) electrons. The third-order valence-corrected chi connectivity index (χ3v) is 5.30. The van der Waals surface area contributed by atoms with E-state index < -0.39 is 0 Å². The van der Waals surface area contributed by atoms with Gasteiger partial charge in [0, 0.05) is 42.2 Å². The molecule has 1 fully saturated rings. The number of nitrogens with zero attached hydrogens (tertiary/aromatic N) is 1. The molecule has 6 nitrogen and oxygen atoms in total. The van der Waals surface area contributed by atoms with E-state index in [2.05, 4.69) is 10.3 Å². The molecule has 1 aromatic heterocycles. The van der Waals surface area contributed by atoms with Crippen LogP contribution < -0.4 is 5.32 Å². The summed E-state index contributed by atoms with van der Waals surface area (Å²) in [7, 11) is 1.66. The Labute approximate surface area is 164 Å². The topological polar surface area (TPSA) is 74.4 Å². The molecule has 1 saturated carbocycles. The monoisotopic (exact) mass is 391 g/mol. The van der Waals surface area contributed by atoms with Crippen molar-refractivity contribution in [1.82, 2.24) is 15.2 Å². The molecule has 1 aliphatic rings. The molecule has 2 aromatic rings. The number of ether oxygens (including phenoxy) is 1. The lowest BCUT2D eigenvalue weighted by molar-refractivity contribution is -0.132. The molecule has 0 spiro atoms. The number of fused-ring (bicyclic) bond motifs is 1. The largest absolute Gasteiger partial charge is 0.385 e. The number of carbonyl (C=O) groups is 2. The number of methoxy groups -OCH3 is 1. The summed E-state index contributed by atoms with van der Waals surface area (Å²) < 4.78 is 5.11. The number of hydrogen-bond donors (Lipinski definition) is 2. The van der Waals surface area contributed by atoms with Gasteiger partial charge < -0.3 is 19.9 Å². The van der Waals surface area contributed by atoms with E-state index in [1.165, 1.54) is 0 Å². The number of carbonyl (C=O) groups excluding carboxylic acids is 2. The fourth-order valence-electron chi connectivity index (χ4n) is 3.68. The van der Waals surface area contributed by atoms with Crippen LogP contribution in [0.15, 0.2) is 24.3 Å². The van der Waals surface area contributed by atoms with Gasteiger partial charge in [0.15, 0.2) is 0 Å². The van der Waals surface area contributed by atoms with E-state index in [1.807, 2.05) is 11.0 Å². The summed E-state index contributed by atoms with van der Waals surface area (Å²) in [5, 5.41) is 4.23. The highest BCUT2D eigenvalue weighted by molar-refractivity contribution is 6.31. The molecule has 1 heterocycles. The summed E-state index contributed by atoms with van der Waals surface area (Å²) >= 11 is 5.99. The first-order valence-corrected chi connectivity index (χ1v) is 9.81. The van der Waals surface area contributed by atoms with Crippen molar-refractivity contribution >= 4 is 34.3 Å². The van der Waals surface area contributed by atoms with Crippen molar-refractivity contribution in [3.63, 3.8) is 0 Å². The van der Waals surface area contributed by atoms with E-state index in [9.17, 15) is 9.59 Å². The Balaban J connectivity index is 1.60. The quantitative estimate of drug-likeness (QED) is 0.677. The maximum Gasteiger partial charge on any atom is 0.268 e. The summed E-state index contributed by atoms with van der Waals surface area (Å²) in [4.78, 5) is 30.1. The molecule has 0 saturated heterocycles. The second-order valence-corrected chi connectivity index (χ2v) is 7.41.